The van der Waals surface area contributed by atoms with Crippen molar-refractivity contribution >= 4 is 5.97 Å². The van der Waals surface area contributed by atoms with Gasteiger partial charge >= 0.3 is 12.1 Å². The average molecular weight is 495 g/mol. The zero-order valence-electron chi connectivity index (χ0n) is 19.4. The molecule has 0 aliphatic heterocycles. The van der Waals surface area contributed by atoms with Gasteiger partial charge in [-0.05, 0) is 43.7 Å². The summed E-state index contributed by atoms with van der Waals surface area (Å²) in [5.74, 6) is -0.646. The molecule has 188 valence electrons. The van der Waals surface area contributed by atoms with Crippen molar-refractivity contribution in [3.63, 3.8) is 0 Å². The van der Waals surface area contributed by atoms with Crippen LogP contribution in [0.5, 0.6) is 5.75 Å². The minimum Gasteiger partial charge on any atom is -0.493 e. The van der Waals surface area contributed by atoms with E-state index in [1.54, 1.807) is 26.0 Å². The first-order valence-electron chi connectivity index (χ1n) is 10.9. The van der Waals surface area contributed by atoms with Crippen molar-refractivity contribution in [2.75, 3.05) is 20.3 Å². The van der Waals surface area contributed by atoms with Crippen molar-refractivity contribution in [3.8, 4) is 17.2 Å². The highest BCUT2D eigenvalue weighted by Gasteiger charge is 2.35. The summed E-state index contributed by atoms with van der Waals surface area (Å²) in [7, 11) is 1.14. The van der Waals surface area contributed by atoms with E-state index in [9.17, 15) is 22.4 Å². The molecule has 0 N–H and O–H groups in total. The molecule has 0 bridgehead atoms. The predicted molar refractivity (Wildman–Crippen MR) is 118 cm³/mol. The van der Waals surface area contributed by atoms with Gasteiger partial charge in [-0.15, -0.1) is 0 Å². The summed E-state index contributed by atoms with van der Waals surface area (Å²) in [6.07, 6.45) is -5.88. The summed E-state index contributed by atoms with van der Waals surface area (Å²) in [6, 6.07) is 9.57. The number of hydrogen-bond acceptors (Lipinski definition) is 6. The van der Waals surface area contributed by atoms with Crippen LogP contribution in [0.15, 0.2) is 46.9 Å². The van der Waals surface area contributed by atoms with Crippen LogP contribution in [0.25, 0.3) is 11.5 Å². The Kier molecular flexibility index (Phi) is 8.50. The summed E-state index contributed by atoms with van der Waals surface area (Å²) >= 11 is 0. The van der Waals surface area contributed by atoms with Crippen molar-refractivity contribution in [2.24, 2.45) is 0 Å². The highest BCUT2D eigenvalue weighted by atomic mass is 19.4. The molecule has 0 spiro atoms. The Balaban J connectivity index is 1.72. The van der Waals surface area contributed by atoms with Crippen molar-refractivity contribution < 1.29 is 41.0 Å². The summed E-state index contributed by atoms with van der Waals surface area (Å²) in [5.41, 5.74) is -0.322. The van der Waals surface area contributed by atoms with Gasteiger partial charge in [0, 0.05) is 19.4 Å². The van der Waals surface area contributed by atoms with Gasteiger partial charge < -0.3 is 18.6 Å². The van der Waals surface area contributed by atoms with Gasteiger partial charge in [-0.2, -0.15) is 13.2 Å². The smallest absolute Gasteiger partial charge is 0.416 e. The maximum Gasteiger partial charge on any atom is 0.416 e. The molecule has 1 aromatic heterocycles. The van der Waals surface area contributed by atoms with E-state index in [-0.39, 0.29) is 48.8 Å². The van der Waals surface area contributed by atoms with Crippen LogP contribution in [-0.2, 0) is 33.3 Å². The van der Waals surface area contributed by atoms with Gasteiger partial charge in [0.2, 0.25) is 5.89 Å². The van der Waals surface area contributed by atoms with E-state index in [1.807, 2.05) is 0 Å². The number of esters is 1. The Morgan fingerprint density at radius 2 is 1.91 bits per heavy atom. The molecule has 0 fully saturated rings. The molecule has 0 unspecified atom stereocenters. The average Bonchev–Trinajstić information content (AvgIpc) is 3.18. The van der Waals surface area contributed by atoms with Crippen LogP contribution < -0.4 is 4.74 Å². The second-order valence-corrected chi connectivity index (χ2v) is 7.59. The molecule has 0 aliphatic rings. The van der Waals surface area contributed by atoms with Gasteiger partial charge in [0.25, 0.3) is 0 Å². The number of aryl methyl sites for hydroxylation is 1. The number of carbonyl (C=O) groups is 1. The third-order valence-corrected chi connectivity index (χ3v) is 5.23. The van der Waals surface area contributed by atoms with Crippen molar-refractivity contribution in [1.29, 1.82) is 0 Å². The fraction of sp³-hybridized carbons (Fsp3) is 0.360. The van der Waals surface area contributed by atoms with E-state index in [1.165, 1.54) is 24.3 Å². The van der Waals surface area contributed by atoms with Crippen molar-refractivity contribution in [2.45, 2.75) is 39.0 Å². The lowest BCUT2D eigenvalue weighted by atomic mass is 10.0. The monoisotopic (exact) mass is 495 g/mol. The number of hydrogen-bond donors (Lipinski definition) is 0. The Hall–Kier alpha value is -3.40. The molecule has 35 heavy (non-hydrogen) atoms. The summed E-state index contributed by atoms with van der Waals surface area (Å²) in [6.45, 7) is 3.46. The maximum absolute atomic E-state index is 14.0. The van der Waals surface area contributed by atoms with Crippen LogP contribution in [0.2, 0.25) is 0 Å². The van der Waals surface area contributed by atoms with Gasteiger partial charge in [-0.3, -0.25) is 0 Å². The van der Waals surface area contributed by atoms with E-state index < -0.39 is 29.6 Å². The molecule has 0 amide bonds. The highest BCUT2D eigenvalue weighted by molar-refractivity contribution is 5.75. The number of nitrogens with zero attached hydrogens (tertiary/aromatic N) is 1. The lowest BCUT2D eigenvalue weighted by molar-refractivity contribution is -0.154. The number of alkyl halides is 3. The second-order valence-electron chi connectivity index (χ2n) is 7.59. The van der Waals surface area contributed by atoms with E-state index >= 15 is 0 Å². The second kappa shape index (κ2) is 11.4. The minimum atomic E-state index is -4.67. The highest BCUT2D eigenvalue weighted by Crippen LogP contribution is 2.35. The van der Waals surface area contributed by atoms with E-state index in [0.717, 1.165) is 13.2 Å². The molecule has 0 radical (unpaired) electrons. The Morgan fingerprint density at radius 3 is 2.57 bits per heavy atom. The standard InChI is InChI=1S/C25H25F4NO5/c1-4-33-22(24(31)32-3)13-16-9-10-17(14-19(16)25(27,28)29)34-12-11-21-15(2)35-23(30-21)18-7-5-6-8-20(18)26/h5-10,14,22H,4,11-13H2,1-3H3/t22-/m0/s1. The first kappa shape index (κ1) is 26.2. The first-order valence-corrected chi connectivity index (χ1v) is 10.9. The number of halogens is 4. The van der Waals surface area contributed by atoms with Gasteiger partial charge in [0.1, 0.15) is 17.3 Å². The number of rotatable bonds is 10. The van der Waals surface area contributed by atoms with E-state index in [0.29, 0.717) is 11.5 Å². The molecule has 3 aromatic rings. The quantitative estimate of drug-likeness (QED) is 0.271. The summed E-state index contributed by atoms with van der Waals surface area (Å²) < 4.78 is 76.1. The van der Waals surface area contributed by atoms with Gasteiger partial charge in [0.15, 0.2) is 6.10 Å². The lowest BCUT2D eigenvalue weighted by Gasteiger charge is -2.19. The third-order valence-electron chi connectivity index (χ3n) is 5.23. The Bertz CT molecular complexity index is 1160. The fourth-order valence-corrected chi connectivity index (χ4v) is 3.51. The number of benzene rings is 2. The summed E-state index contributed by atoms with van der Waals surface area (Å²) in [5, 5.41) is 0. The molecule has 3 rings (SSSR count). The van der Waals surface area contributed by atoms with E-state index in [4.69, 9.17) is 13.9 Å². The number of aromatic nitrogens is 1. The Morgan fingerprint density at radius 1 is 1.17 bits per heavy atom. The molecule has 0 saturated carbocycles. The zero-order chi connectivity index (χ0) is 25.6. The number of methoxy groups -OCH3 is 1. The molecule has 0 saturated heterocycles. The van der Waals surface area contributed by atoms with Crippen LogP contribution in [-0.4, -0.2) is 37.4 Å². The molecule has 0 aliphatic carbocycles. The number of oxazole rings is 1. The maximum atomic E-state index is 14.0. The largest absolute Gasteiger partial charge is 0.493 e. The van der Waals surface area contributed by atoms with Gasteiger partial charge in [0.05, 0.1) is 30.5 Å². The minimum absolute atomic E-state index is 0.00239. The molecular weight excluding hydrogens is 470 g/mol. The molecule has 1 heterocycles. The molecule has 10 heteroatoms. The van der Waals surface area contributed by atoms with Crippen molar-refractivity contribution in [1.82, 2.24) is 4.98 Å². The Labute approximate surface area is 199 Å². The number of carbonyl (C=O) groups excluding carboxylic acids is 1. The van der Waals surface area contributed by atoms with Crippen LogP contribution in [0.3, 0.4) is 0 Å². The fourth-order valence-electron chi connectivity index (χ4n) is 3.51. The van der Waals surface area contributed by atoms with Gasteiger partial charge in [-0.25, -0.2) is 14.2 Å². The normalized spacial score (nSPS) is 12.4. The number of ether oxygens (including phenoxy) is 3. The molecule has 2 aromatic carbocycles. The summed E-state index contributed by atoms with van der Waals surface area (Å²) in [4.78, 5) is 16.2. The zero-order valence-corrected chi connectivity index (χ0v) is 19.4. The first-order chi connectivity index (χ1) is 16.6. The van der Waals surface area contributed by atoms with Crippen LogP contribution in [0.4, 0.5) is 17.6 Å². The third kappa shape index (κ3) is 6.60. The van der Waals surface area contributed by atoms with Crippen molar-refractivity contribution in [3.05, 3.63) is 70.9 Å². The van der Waals surface area contributed by atoms with Crippen LogP contribution in [0, 0.1) is 12.7 Å². The van der Waals surface area contributed by atoms with Crippen LogP contribution in [0.1, 0.15) is 29.5 Å². The molecule has 6 nitrogen and oxygen atoms in total. The predicted octanol–water partition coefficient (Wildman–Crippen LogP) is 5.55. The SMILES string of the molecule is CCO[C@@H](Cc1ccc(OCCc2nc(-c3ccccc3F)oc2C)cc1C(F)(F)F)C(=O)OC. The molecule has 1 atom stereocenters. The van der Waals surface area contributed by atoms with E-state index in [2.05, 4.69) is 9.72 Å². The molecular formula is C25H25F4NO5. The van der Waals surface area contributed by atoms with Crippen LogP contribution >= 0.6 is 0 Å². The lowest BCUT2D eigenvalue weighted by Crippen LogP contribution is -2.29. The van der Waals surface area contributed by atoms with Gasteiger partial charge in [-0.1, -0.05) is 18.2 Å². The topological polar surface area (TPSA) is 70.8 Å².